The van der Waals surface area contributed by atoms with Crippen LogP contribution in [0.5, 0.6) is 5.88 Å². The van der Waals surface area contributed by atoms with Crippen LogP contribution in [-0.2, 0) is 24.3 Å². The molecule has 0 aliphatic carbocycles. The molecule has 0 amide bonds. The Morgan fingerprint density at radius 3 is 2.52 bits per heavy atom. The Kier molecular flexibility index (Phi) is 7.57. The topological polar surface area (TPSA) is 86.5 Å². The number of fused-ring (bicyclic) bond motifs is 1. The van der Waals surface area contributed by atoms with Crippen LogP contribution in [-0.4, -0.2) is 38.3 Å². The summed E-state index contributed by atoms with van der Waals surface area (Å²) in [6.07, 6.45) is 0.642. The van der Waals surface area contributed by atoms with E-state index in [4.69, 9.17) is 21.1 Å². The second kappa shape index (κ2) is 11.5. The first-order valence-corrected chi connectivity index (χ1v) is 13.5. The van der Waals surface area contributed by atoms with E-state index in [1.165, 1.54) is 30.3 Å². The molecule has 0 bridgehead atoms. The summed E-state index contributed by atoms with van der Waals surface area (Å²) in [4.78, 5) is 20.5. The van der Waals surface area contributed by atoms with Crippen molar-refractivity contribution >= 4 is 28.6 Å². The number of aromatic nitrogens is 3. The third-order valence-corrected chi connectivity index (χ3v) is 7.38. The lowest BCUT2D eigenvalue weighted by Gasteiger charge is -2.27. The van der Waals surface area contributed by atoms with Gasteiger partial charge in [0.25, 0.3) is 0 Å². The Hall–Kier alpha value is -4.41. The molecule has 0 spiro atoms. The predicted octanol–water partition coefficient (Wildman–Crippen LogP) is 6.83. The van der Waals surface area contributed by atoms with Gasteiger partial charge in [0.1, 0.15) is 29.6 Å². The Morgan fingerprint density at radius 1 is 1.02 bits per heavy atom. The van der Waals surface area contributed by atoms with Crippen molar-refractivity contribution in [3.63, 3.8) is 0 Å². The molecule has 1 fully saturated rings. The van der Waals surface area contributed by atoms with E-state index in [0.29, 0.717) is 34.8 Å². The van der Waals surface area contributed by atoms with Crippen LogP contribution in [0.25, 0.3) is 22.3 Å². The fourth-order valence-electron chi connectivity index (χ4n) is 4.83. The fourth-order valence-corrected chi connectivity index (χ4v) is 4.98. The standard InChI is InChI=1S/C31H23ClF3N3O4/c32-20-7-6-19(24(34)14-20)16-42-28-3-1-2-25(37-28)18-5-4-17(23(33)12-18)13-27-36-26-9-8-22(31(39)40)29(35)30(26)38(27)15-21-10-11-41-21/h1-9,12,14,21H,10-11,13,15-16H2,(H,39,40). The number of halogens is 4. The number of carbonyl (C=O) groups is 1. The number of hydrogen-bond donors (Lipinski definition) is 1. The number of imidazole rings is 1. The van der Waals surface area contributed by atoms with E-state index < -0.39 is 29.0 Å². The van der Waals surface area contributed by atoms with Crippen molar-refractivity contribution in [3.05, 3.63) is 112 Å². The second-order valence-corrected chi connectivity index (χ2v) is 10.3. The molecular formula is C31H23ClF3N3O4. The van der Waals surface area contributed by atoms with Crippen LogP contribution in [0.3, 0.4) is 0 Å². The summed E-state index contributed by atoms with van der Waals surface area (Å²) in [5, 5.41) is 9.68. The molecule has 1 N–H and O–H groups in total. The summed E-state index contributed by atoms with van der Waals surface area (Å²) >= 11 is 5.80. The molecule has 3 aromatic carbocycles. The molecule has 0 saturated carbocycles. The minimum absolute atomic E-state index is 0.0403. The minimum Gasteiger partial charge on any atom is -0.478 e. The van der Waals surface area contributed by atoms with E-state index in [2.05, 4.69) is 9.97 Å². The minimum atomic E-state index is -1.38. The molecule has 5 aromatic rings. The molecule has 214 valence electrons. The molecule has 0 radical (unpaired) electrons. The van der Waals surface area contributed by atoms with Gasteiger partial charge in [-0.15, -0.1) is 0 Å². The Bertz CT molecular complexity index is 1820. The zero-order valence-corrected chi connectivity index (χ0v) is 22.7. The van der Waals surface area contributed by atoms with Gasteiger partial charge in [-0.05, 0) is 48.4 Å². The lowest BCUT2D eigenvalue weighted by Crippen LogP contribution is -2.32. The lowest BCUT2D eigenvalue weighted by molar-refractivity contribution is -0.0590. The quantitative estimate of drug-likeness (QED) is 0.202. The van der Waals surface area contributed by atoms with E-state index >= 15 is 8.78 Å². The molecule has 42 heavy (non-hydrogen) atoms. The first-order valence-electron chi connectivity index (χ1n) is 13.1. The number of hydrogen-bond acceptors (Lipinski definition) is 5. The molecule has 6 rings (SSSR count). The highest BCUT2D eigenvalue weighted by Crippen LogP contribution is 2.29. The maximum atomic E-state index is 15.4. The summed E-state index contributed by atoms with van der Waals surface area (Å²) in [6, 6.07) is 16.6. The van der Waals surface area contributed by atoms with Gasteiger partial charge in [0.2, 0.25) is 5.88 Å². The molecule has 11 heteroatoms. The van der Waals surface area contributed by atoms with E-state index in [1.807, 2.05) is 0 Å². The molecule has 1 aliphatic rings. The van der Waals surface area contributed by atoms with Crippen molar-refractivity contribution in [2.75, 3.05) is 6.61 Å². The van der Waals surface area contributed by atoms with Crippen LogP contribution in [0.1, 0.15) is 33.7 Å². The predicted molar refractivity (Wildman–Crippen MR) is 149 cm³/mol. The van der Waals surface area contributed by atoms with Crippen LogP contribution in [0.4, 0.5) is 13.2 Å². The van der Waals surface area contributed by atoms with E-state index in [1.54, 1.807) is 41.0 Å². The third-order valence-electron chi connectivity index (χ3n) is 7.15. The monoisotopic (exact) mass is 593 g/mol. The first kappa shape index (κ1) is 27.7. The number of aromatic carboxylic acids is 1. The zero-order valence-electron chi connectivity index (χ0n) is 22.0. The van der Waals surface area contributed by atoms with Crippen LogP contribution < -0.4 is 4.74 Å². The van der Waals surface area contributed by atoms with Crippen LogP contribution in [0, 0.1) is 17.5 Å². The highest BCUT2D eigenvalue weighted by Gasteiger charge is 2.26. The van der Waals surface area contributed by atoms with Gasteiger partial charge in [0.05, 0.1) is 29.4 Å². The van der Waals surface area contributed by atoms with Gasteiger partial charge in [-0.2, -0.15) is 0 Å². The maximum Gasteiger partial charge on any atom is 0.338 e. The van der Waals surface area contributed by atoms with E-state index in [9.17, 15) is 14.3 Å². The number of ether oxygens (including phenoxy) is 2. The smallest absolute Gasteiger partial charge is 0.338 e. The summed E-state index contributed by atoms with van der Waals surface area (Å²) in [5.41, 5.74) is 1.45. The number of rotatable bonds is 9. The van der Waals surface area contributed by atoms with Gasteiger partial charge >= 0.3 is 5.97 Å². The summed E-state index contributed by atoms with van der Waals surface area (Å²) in [6.45, 7) is 0.792. The van der Waals surface area contributed by atoms with Gasteiger partial charge in [0, 0.05) is 35.2 Å². The fraction of sp³-hybridized carbons (Fsp3) is 0.194. The van der Waals surface area contributed by atoms with Gasteiger partial charge in [-0.25, -0.2) is 27.9 Å². The van der Waals surface area contributed by atoms with Gasteiger partial charge < -0.3 is 19.1 Å². The SMILES string of the molecule is O=C(O)c1ccc2nc(Cc3ccc(-c4cccc(OCc5ccc(Cl)cc5F)n4)cc3F)n(CC3CCO3)c2c1F. The zero-order chi connectivity index (χ0) is 29.4. The van der Waals surface area contributed by atoms with Crippen molar-refractivity contribution in [2.24, 2.45) is 0 Å². The lowest BCUT2D eigenvalue weighted by atomic mass is 10.1. The van der Waals surface area contributed by atoms with Crippen molar-refractivity contribution in [1.29, 1.82) is 0 Å². The van der Waals surface area contributed by atoms with Crippen LogP contribution in [0.15, 0.2) is 66.7 Å². The van der Waals surface area contributed by atoms with E-state index in [-0.39, 0.29) is 47.6 Å². The highest BCUT2D eigenvalue weighted by molar-refractivity contribution is 6.30. The van der Waals surface area contributed by atoms with Crippen molar-refractivity contribution < 1.29 is 32.5 Å². The molecule has 7 nitrogen and oxygen atoms in total. The Balaban J connectivity index is 1.26. The Labute approximate surface area is 243 Å². The highest BCUT2D eigenvalue weighted by atomic mass is 35.5. The number of pyridine rings is 1. The molecule has 1 unspecified atom stereocenters. The van der Waals surface area contributed by atoms with Crippen molar-refractivity contribution in [1.82, 2.24) is 14.5 Å². The molecular weight excluding hydrogens is 571 g/mol. The molecule has 1 saturated heterocycles. The number of nitrogens with zero attached hydrogens (tertiary/aromatic N) is 3. The maximum absolute atomic E-state index is 15.4. The van der Waals surface area contributed by atoms with E-state index in [0.717, 1.165) is 6.42 Å². The molecule has 1 atom stereocenters. The van der Waals surface area contributed by atoms with Gasteiger partial charge in [-0.3, -0.25) is 0 Å². The van der Waals surface area contributed by atoms with Crippen molar-refractivity contribution in [3.8, 4) is 17.1 Å². The molecule has 3 heterocycles. The van der Waals surface area contributed by atoms with Crippen molar-refractivity contribution in [2.45, 2.75) is 32.1 Å². The second-order valence-electron chi connectivity index (χ2n) is 9.89. The number of carboxylic acid groups (broad SMARTS) is 1. The molecule has 2 aromatic heterocycles. The van der Waals surface area contributed by atoms with Gasteiger partial charge in [0.15, 0.2) is 5.82 Å². The number of benzene rings is 3. The summed E-state index contributed by atoms with van der Waals surface area (Å²) in [7, 11) is 0. The molecule has 1 aliphatic heterocycles. The van der Waals surface area contributed by atoms with Crippen LogP contribution in [0.2, 0.25) is 5.02 Å². The third kappa shape index (κ3) is 5.55. The van der Waals surface area contributed by atoms with Crippen LogP contribution >= 0.6 is 11.6 Å². The first-order chi connectivity index (χ1) is 20.3. The average molecular weight is 594 g/mol. The summed E-state index contributed by atoms with van der Waals surface area (Å²) in [5.74, 6) is -2.66. The van der Waals surface area contributed by atoms with Gasteiger partial charge in [-0.1, -0.05) is 35.9 Å². The summed E-state index contributed by atoms with van der Waals surface area (Å²) < 4.78 is 57.5. The number of carboxylic acids is 1. The largest absolute Gasteiger partial charge is 0.478 e. The Morgan fingerprint density at radius 2 is 1.81 bits per heavy atom. The normalized spacial score (nSPS) is 14.6. The average Bonchev–Trinajstić information content (AvgIpc) is 3.29.